The van der Waals surface area contributed by atoms with E-state index >= 15 is 0 Å². The summed E-state index contributed by atoms with van der Waals surface area (Å²) in [7, 11) is 0. The van der Waals surface area contributed by atoms with Crippen LogP contribution in [0.5, 0.6) is 0 Å². The Morgan fingerprint density at radius 1 is 1.39 bits per heavy atom. The summed E-state index contributed by atoms with van der Waals surface area (Å²) in [6.45, 7) is 14.0. The Hall–Kier alpha value is -1.97. The number of nitrogens with one attached hydrogen (secondary N) is 1. The summed E-state index contributed by atoms with van der Waals surface area (Å²) in [4.78, 5) is 28.6. The molecule has 1 fully saturated rings. The first kappa shape index (κ1) is 27.1. The van der Waals surface area contributed by atoms with Crippen molar-refractivity contribution in [3.05, 3.63) is 73.0 Å². The molecule has 1 aromatic heterocycles. The molecular formula is C23H28ClLiN4O2-2. The Labute approximate surface area is 202 Å². The van der Waals surface area contributed by atoms with Gasteiger partial charge in [0.25, 0.3) is 5.91 Å². The number of rotatable bonds is 7. The minimum absolute atomic E-state index is 0. The Balaban J connectivity index is 0.000000344. The van der Waals surface area contributed by atoms with Gasteiger partial charge >= 0.3 is 18.9 Å². The first-order valence-corrected chi connectivity index (χ1v) is 10.3. The van der Waals surface area contributed by atoms with Gasteiger partial charge in [-0.1, -0.05) is 50.0 Å². The molecule has 6 nitrogen and oxygen atoms in total. The molecular weight excluding hydrogens is 407 g/mol. The van der Waals surface area contributed by atoms with Crippen LogP contribution >= 0.6 is 11.6 Å². The smallest absolute Gasteiger partial charge is 0.419 e. The molecule has 8 heteroatoms. The van der Waals surface area contributed by atoms with Crippen molar-refractivity contribution in [2.45, 2.75) is 38.8 Å². The third kappa shape index (κ3) is 7.59. The van der Waals surface area contributed by atoms with Crippen LogP contribution in [0, 0.1) is 13.8 Å². The summed E-state index contributed by atoms with van der Waals surface area (Å²) in [6.07, 6.45) is 9.06. The largest absolute Gasteiger partial charge is 1.00 e. The third-order valence-corrected chi connectivity index (χ3v) is 5.16. The van der Waals surface area contributed by atoms with Crippen LogP contribution in [-0.4, -0.2) is 45.8 Å². The SMILES string of the molecule is CCC(/C=C/[C-]=O)N1CCC1.[CH2-]c1ncc(C(=O)Nc2ccccc2Cl)n1[C@@H]([CH2-])C.[Li+]. The van der Waals surface area contributed by atoms with Crippen molar-refractivity contribution >= 4 is 29.5 Å². The number of para-hydroxylation sites is 1. The van der Waals surface area contributed by atoms with Gasteiger partial charge in [0.05, 0.1) is 16.9 Å². The second-order valence-electron chi connectivity index (χ2n) is 7.05. The standard InChI is InChI=1S/C14H14ClN3O.C9H14NO.Li/c1-9(2)18-10(3)16-8-13(18)14(19)17-12-7-5-4-6-11(12)15;1-2-9(5-3-8-11)10-6-4-7-10;/h4-9H,1,3H2,2H3,(H,17,19);3,5,9H,2,4,6-7H2,1H3;/q-2;-1;+1/b;5-3+;/t9-;;/m0../s1. The zero-order valence-electron chi connectivity index (χ0n) is 18.5. The molecule has 3 rings (SSSR count). The zero-order valence-corrected chi connectivity index (χ0v) is 19.2. The third-order valence-electron chi connectivity index (χ3n) is 4.83. The van der Waals surface area contributed by atoms with Crippen LogP contribution in [0.4, 0.5) is 5.69 Å². The van der Waals surface area contributed by atoms with Crippen LogP contribution in [0.2, 0.25) is 5.02 Å². The summed E-state index contributed by atoms with van der Waals surface area (Å²) in [5, 5.41) is 3.23. The number of hydrogen-bond acceptors (Lipinski definition) is 4. The summed E-state index contributed by atoms with van der Waals surface area (Å²) >= 11 is 6.00. The number of benzene rings is 1. The molecule has 1 unspecified atom stereocenters. The number of anilines is 1. The fourth-order valence-corrected chi connectivity index (χ4v) is 3.33. The number of amides is 1. The van der Waals surface area contributed by atoms with Gasteiger partial charge in [-0.2, -0.15) is 6.08 Å². The average molecular weight is 435 g/mol. The topological polar surface area (TPSA) is 67.2 Å². The van der Waals surface area contributed by atoms with E-state index in [9.17, 15) is 9.59 Å². The minimum atomic E-state index is -0.286. The van der Waals surface area contributed by atoms with Gasteiger partial charge in [-0.05, 0) is 49.8 Å². The number of allylic oxidation sites excluding steroid dienone is 1. The summed E-state index contributed by atoms with van der Waals surface area (Å²) in [6, 6.07) is 7.38. The van der Waals surface area contributed by atoms with Crippen LogP contribution in [0.25, 0.3) is 0 Å². The van der Waals surface area contributed by atoms with Crippen molar-refractivity contribution in [3.8, 4) is 0 Å². The van der Waals surface area contributed by atoms with Crippen molar-refractivity contribution in [3.63, 3.8) is 0 Å². The quantitative estimate of drug-likeness (QED) is 0.407. The molecule has 1 amide bonds. The van der Waals surface area contributed by atoms with Crippen molar-refractivity contribution in [1.29, 1.82) is 0 Å². The van der Waals surface area contributed by atoms with Crippen molar-refractivity contribution in [1.82, 2.24) is 14.5 Å². The van der Waals surface area contributed by atoms with E-state index in [0.29, 0.717) is 28.3 Å². The van der Waals surface area contributed by atoms with E-state index in [4.69, 9.17) is 11.6 Å². The second-order valence-corrected chi connectivity index (χ2v) is 7.46. The Morgan fingerprint density at radius 2 is 2.06 bits per heavy atom. The molecule has 1 aliphatic heterocycles. The van der Waals surface area contributed by atoms with Crippen LogP contribution < -0.4 is 24.2 Å². The van der Waals surface area contributed by atoms with E-state index in [2.05, 4.69) is 36.0 Å². The van der Waals surface area contributed by atoms with E-state index in [0.717, 1.165) is 6.42 Å². The molecule has 2 atom stereocenters. The van der Waals surface area contributed by atoms with E-state index < -0.39 is 0 Å². The van der Waals surface area contributed by atoms with E-state index in [1.807, 2.05) is 13.0 Å². The number of imidazole rings is 1. The summed E-state index contributed by atoms with van der Waals surface area (Å²) in [5.41, 5.74) is 0.969. The van der Waals surface area contributed by atoms with Crippen LogP contribution in [0.1, 0.15) is 49.0 Å². The number of hydrogen-bond donors (Lipinski definition) is 1. The van der Waals surface area contributed by atoms with Crippen molar-refractivity contribution in [2.24, 2.45) is 0 Å². The normalized spacial score (nSPS) is 15.1. The minimum Gasteiger partial charge on any atom is -0.419 e. The number of aromatic nitrogens is 2. The maximum Gasteiger partial charge on any atom is 1.00 e. The van der Waals surface area contributed by atoms with E-state index in [1.165, 1.54) is 31.8 Å². The average Bonchev–Trinajstić information content (AvgIpc) is 3.07. The molecule has 1 aliphatic rings. The maximum absolute atomic E-state index is 12.2. The summed E-state index contributed by atoms with van der Waals surface area (Å²) < 4.78 is 1.67. The number of nitrogens with zero attached hydrogens (tertiary/aromatic N) is 3. The molecule has 1 saturated heterocycles. The first-order valence-electron chi connectivity index (χ1n) is 9.95. The van der Waals surface area contributed by atoms with E-state index in [-0.39, 0.29) is 30.8 Å². The molecule has 1 N–H and O–H groups in total. The van der Waals surface area contributed by atoms with Gasteiger partial charge in [-0.3, -0.25) is 9.78 Å². The molecule has 1 aromatic carbocycles. The van der Waals surface area contributed by atoms with Crippen molar-refractivity contribution in [2.75, 3.05) is 18.4 Å². The predicted octanol–water partition coefficient (Wildman–Crippen LogP) is 1.51. The number of carbonyl (C=O) groups excluding carboxylic acids is 2. The molecule has 0 radical (unpaired) electrons. The van der Waals surface area contributed by atoms with Gasteiger partial charge in [0.1, 0.15) is 5.69 Å². The predicted molar refractivity (Wildman–Crippen MR) is 121 cm³/mol. The van der Waals surface area contributed by atoms with Gasteiger partial charge in [0, 0.05) is 0 Å². The number of likely N-dealkylation sites (tertiary alicyclic amines) is 1. The number of halogens is 1. The Morgan fingerprint density at radius 3 is 2.58 bits per heavy atom. The molecule has 0 bridgehead atoms. The zero-order chi connectivity index (χ0) is 22.1. The molecule has 2 heterocycles. The monoisotopic (exact) mass is 434 g/mol. The number of carbonyl (C=O) groups is 1. The maximum atomic E-state index is 12.2. The Kier molecular flexibility index (Phi) is 11.7. The van der Waals surface area contributed by atoms with Gasteiger partial charge in [-0.15, -0.1) is 0 Å². The Bertz CT molecular complexity index is 878. The first-order chi connectivity index (χ1) is 14.4. The molecule has 0 saturated carbocycles. The van der Waals surface area contributed by atoms with Crippen LogP contribution in [-0.2, 0) is 4.79 Å². The fraction of sp³-hybridized carbons (Fsp3) is 0.348. The van der Waals surface area contributed by atoms with Gasteiger partial charge in [-0.25, -0.2) is 6.08 Å². The van der Waals surface area contributed by atoms with E-state index in [1.54, 1.807) is 35.1 Å². The van der Waals surface area contributed by atoms with Crippen LogP contribution in [0.15, 0.2) is 42.6 Å². The fourth-order valence-electron chi connectivity index (χ4n) is 3.15. The summed E-state index contributed by atoms with van der Waals surface area (Å²) in [5.74, 6) is 0.220. The molecule has 0 spiro atoms. The van der Waals surface area contributed by atoms with Crippen LogP contribution in [0.3, 0.4) is 0 Å². The van der Waals surface area contributed by atoms with Crippen molar-refractivity contribution < 1.29 is 28.4 Å². The molecule has 162 valence electrons. The second kappa shape index (κ2) is 13.4. The molecule has 2 aromatic rings. The molecule has 0 aliphatic carbocycles. The van der Waals surface area contributed by atoms with Gasteiger partial charge in [0.15, 0.2) is 0 Å². The van der Waals surface area contributed by atoms with Gasteiger partial charge < -0.3 is 33.4 Å². The molecule has 31 heavy (non-hydrogen) atoms. The van der Waals surface area contributed by atoms with Gasteiger partial charge in [0.2, 0.25) is 0 Å².